The van der Waals surface area contributed by atoms with Gasteiger partial charge >= 0.3 is 5.97 Å². The molecule has 15 heavy (non-hydrogen) atoms. The lowest BCUT2D eigenvalue weighted by atomic mass is 9.68. The minimum atomic E-state index is -1.23. The lowest BCUT2D eigenvalue weighted by molar-refractivity contribution is -0.149. The van der Waals surface area contributed by atoms with E-state index in [1.807, 2.05) is 0 Å². The summed E-state index contributed by atoms with van der Waals surface area (Å²) in [5.41, 5.74) is 3.81. The SMILES string of the molecule is CC(C)(NC(=O)C1(CN)CCC1)C(=O)O. The van der Waals surface area contributed by atoms with Gasteiger partial charge in [0.25, 0.3) is 0 Å². The molecule has 0 radical (unpaired) electrons. The van der Waals surface area contributed by atoms with Crippen molar-refractivity contribution in [2.45, 2.75) is 38.6 Å². The monoisotopic (exact) mass is 214 g/mol. The smallest absolute Gasteiger partial charge is 0.328 e. The minimum absolute atomic E-state index is 0.233. The molecule has 1 aliphatic rings. The number of hydrogen-bond donors (Lipinski definition) is 3. The Hall–Kier alpha value is -1.10. The largest absolute Gasteiger partial charge is 0.480 e. The predicted octanol–water partition coefficient (Wildman–Crippen LogP) is 0.0948. The molecule has 0 saturated heterocycles. The molecule has 0 aromatic carbocycles. The molecule has 1 rings (SSSR count). The maximum Gasteiger partial charge on any atom is 0.328 e. The molecular formula is C10H18N2O3. The number of carbonyl (C=O) groups excluding carboxylic acids is 1. The highest BCUT2D eigenvalue weighted by Gasteiger charge is 2.45. The third-order valence-electron chi connectivity index (χ3n) is 3.14. The molecule has 0 aliphatic heterocycles. The van der Waals surface area contributed by atoms with Gasteiger partial charge in [-0.2, -0.15) is 0 Å². The van der Waals surface area contributed by atoms with E-state index in [1.165, 1.54) is 13.8 Å². The molecule has 0 heterocycles. The van der Waals surface area contributed by atoms with Crippen molar-refractivity contribution in [3.63, 3.8) is 0 Å². The first kappa shape index (κ1) is 12.0. The molecule has 0 spiro atoms. The number of carboxylic acids is 1. The topological polar surface area (TPSA) is 92.4 Å². The third kappa shape index (κ3) is 2.12. The van der Waals surface area contributed by atoms with Gasteiger partial charge < -0.3 is 16.2 Å². The molecule has 5 heteroatoms. The number of rotatable bonds is 4. The summed E-state index contributed by atoms with van der Waals surface area (Å²) in [6.07, 6.45) is 2.49. The average Bonchev–Trinajstić information content (AvgIpc) is 2.01. The van der Waals surface area contributed by atoms with Gasteiger partial charge in [-0.3, -0.25) is 4.79 Å². The standard InChI is InChI=1S/C10H18N2O3/c1-9(2,8(14)15)12-7(13)10(6-11)4-3-5-10/h3-6,11H2,1-2H3,(H,12,13)(H,14,15). The van der Waals surface area contributed by atoms with Crippen LogP contribution in [0, 0.1) is 5.41 Å². The highest BCUT2D eigenvalue weighted by Crippen LogP contribution is 2.40. The average molecular weight is 214 g/mol. The quantitative estimate of drug-likeness (QED) is 0.618. The Morgan fingerprint density at radius 1 is 1.47 bits per heavy atom. The Labute approximate surface area is 89.0 Å². The second kappa shape index (κ2) is 3.81. The summed E-state index contributed by atoms with van der Waals surface area (Å²) in [6.45, 7) is 3.22. The lowest BCUT2D eigenvalue weighted by Gasteiger charge is -2.40. The zero-order valence-electron chi connectivity index (χ0n) is 9.17. The lowest BCUT2D eigenvalue weighted by Crippen LogP contribution is -2.58. The van der Waals surface area contributed by atoms with Crippen LogP contribution in [0.15, 0.2) is 0 Å². The molecule has 86 valence electrons. The van der Waals surface area contributed by atoms with Crippen LogP contribution in [-0.2, 0) is 9.59 Å². The summed E-state index contributed by atoms with van der Waals surface area (Å²) in [4.78, 5) is 22.7. The van der Waals surface area contributed by atoms with Gasteiger partial charge in [0.05, 0.1) is 5.41 Å². The number of amides is 1. The van der Waals surface area contributed by atoms with Crippen molar-refractivity contribution in [3.05, 3.63) is 0 Å². The molecule has 1 aliphatic carbocycles. The van der Waals surface area contributed by atoms with E-state index >= 15 is 0 Å². The Morgan fingerprint density at radius 2 is 2.00 bits per heavy atom. The Bertz CT molecular complexity index is 277. The minimum Gasteiger partial charge on any atom is -0.480 e. The van der Waals surface area contributed by atoms with Crippen molar-refractivity contribution in [2.24, 2.45) is 11.1 Å². The molecule has 4 N–H and O–H groups in total. The van der Waals surface area contributed by atoms with Gasteiger partial charge in [-0.1, -0.05) is 6.42 Å². The van der Waals surface area contributed by atoms with E-state index in [4.69, 9.17) is 10.8 Å². The van der Waals surface area contributed by atoms with Crippen LogP contribution in [0.5, 0.6) is 0 Å². The van der Waals surface area contributed by atoms with Gasteiger partial charge in [-0.15, -0.1) is 0 Å². The highest BCUT2D eigenvalue weighted by atomic mass is 16.4. The number of carbonyl (C=O) groups is 2. The second-order valence-electron chi connectivity index (χ2n) is 4.72. The summed E-state index contributed by atoms with van der Waals surface area (Å²) in [6, 6.07) is 0. The van der Waals surface area contributed by atoms with E-state index in [1.54, 1.807) is 0 Å². The van der Waals surface area contributed by atoms with Gasteiger partial charge in [0, 0.05) is 6.54 Å². The fourth-order valence-corrected chi connectivity index (χ4v) is 1.60. The van der Waals surface area contributed by atoms with Crippen LogP contribution in [-0.4, -0.2) is 29.1 Å². The number of nitrogens with one attached hydrogen (secondary N) is 1. The Balaban J connectivity index is 2.66. The third-order valence-corrected chi connectivity index (χ3v) is 3.14. The van der Waals surface area contributed by atoms with Gasteiger partial charge in [0.1, 0.15) is 5.54 Å². The Morgan fingerprint density at radius 3 is 2.27 bits per heavy atom. The number of hydrogen-bond acceptors (Lipinski definition) is 3. The van der Waals surface area contributed by atoms with Crippen molar-refractivity contribution >= 4 is 11.9 Å². The maximum absolute atomic E-state index is 11.8. The highest BCUT2D eigenvalue weighted by molar-refractivity contribution is 5.90. The van der Waals surface area contributed by atoms with Crippen molar-refractivity contribution in [1.29, 1.82) is 0 Å². The molecule has 0 aromatic rings. The Kier molecular flexibility index (Phi) is 3.04. The molecule has 1 saturated carbocycles. The van der Waals surface area contributed by atoms with E-state index in [-0.39, 0.29) is 12.5 Å². The van der Waals surface area contributed by atoms with Crippen LogP contribution in [0.4, 0.5) is 0 Å². The van der Waals surface area contributed by atoms with E-state index in [2.05, 4.69) is 5.32 Å². The summed E-state index contributed by atoms with van der Waals surface area (Å²) >= 11 is 0. The molecule has 0 bridgehead atoms. The normalized spacial score (nSPS) is 19.1. The van der Waals surface area contributed by atoms with Crippen molar-refractivity contribution in [1.82, 2.24) is 5.32 Å². The molecule has 1 amide bonds. The van der Waals surface area contributed by atoms with Crippen LogP contribution in [0.1, 0.15) is 33.1 Å². The van der Waals surface area contributed by atoms with Gasteiger partial charge in [-0.05, 0) is 26.7 Å². The van der Waals surface area contributed by atoms with Crippen LogP contribution in [0.2, 0.25) is 0 Å². The number of nitrogens with two attached hydrogens (primary N) is 1. The van der Waals surface area contributed by atoms with Crippen LogP contribution in [0.25, 0.3) is 0 Å². The van der Waals surface area contributed by atoms with Crippen LogP contribution < -0.4 is 11.1 Å². The zero-order chi connectivity index (χ0) is 11.7. The predicted molar refractivity (Wildman–Crippen MR) is 55.2 cm³/mol. The molecule has 1 fully saturated rings. The first-order chi connectivity index (χ1) is 6.84. The number of carboxylic acid groups (broad SMARTS) is 1. The van der Waals surface area contributed by atoms with E-state index in [9.17, 15) is 9.59 Å². The van der Waals surface area contributed by atoms with Crippen LogP contribution in [0.3, 0.4) is 0 Å². The van der Waals surface area contributed by atoms with Gasteiger partial charge in [-0.25, -0.2) is 4.79 Å². The summed E-state index contributed by atoms with van der Waals surface area (Å²) in [5, 5.41) is 11.4. The first-order valence-corrected chi connectivity index (χ1v) is 5.10. The fraction of sp³-hybridized carbons (Fsp3) is 0.800. The van der Waals surface area contributed by atoms with E-state index in [0.717, 1.165) is 19.3 Å². The van der Waals surface area contributed by atoms with E-state index in [0.29, 0.717) is 0 Å². The molecule has 0 unspecified atom stereocenters. The second-order valence-corrected chi connectivity index (χ2v) is 4.72. The fourth-order valence-electron chi connectivity index (χ4n) is 1.60. The molecular weight excluding hydrogens is 196 g/mol. The molecule has 0 aromatic heterocycles. The van der Waals surface area contributed by atoms with Crippen molar-refractivity contribution in [2.75, 3.05) is 6.54 Å². The van der Waals surface area contributed by atoms with Crippen molar-refractivity contribution in [3.8, 4) is 0 Å². The zero-order valence-corrected chi connectivity index (χ0v) is 9.17. The van der Waals surface area contributed by atoms with E-state index < -0.39 is 16.9 Å². The first-order valence-electron chi connectivity index (χ1n) is 5.10. The van der Waals surface area contributed by atoms with Gasteiger partial charge in [0.15, 0.2) is 0 Å². The maximum atomic E-state index is 11.8. The molecule has 5 nitrogen and oxygen atoms in total. The summed E-state index contributed by atoms with van der Waals surface area (Å²) in [5.74, 6) is -1.27. The number of aliphatic carboxylic acids is 1. The van der Waals surface area contributed by atoms with Gasteiger partial charge in [0.2, 0.25) is 5.91 Å². The van der Waals surface area contributed by atoms with Crippen molar-refractivity contribution < 1.29 is 14.7 Å². The summed E-state index contributed by atoms with van der Waals surface area (Å²) in [7, 11) is 0. The van der Waals surface area contributed by atoms with Crippen LogP contribution >= 0.6 is 0 Å². The summed E-state index contributed by atoms with van der Waals surface area (Å²) < 4.78 is 0. The molecule has 0 atom stereocenters.